The third-order valence-corrected chi connectivity index (χ3v) is 5.33. The van der Waals surface area contributed by atoms with Gasteiger partial charge in [-0.1, -0.05) is 26.2 Å². The van der Waals surface area contributed by atoms with Gasteiger partial charge in [0.15, 0.2) is 0 Å². The van der Waals surface area contributed by atoms with Crippen molar-refractivity contribution >= 4 is 23.8 Å². The molecule has 2 unspecified atom stereocenters. The molecule has 0 aromatic carbocycles. The van der Waals surface area contributed by atoms with E-state index in [1.54, 1.807) is 4.90 Å². The van der Waals surface area contributed by atoms with Gasteiger partial charge in [0, 0.05) is 24.1 Å². The van der Waals surface area contributed by atoms with E-state index in [2.05, 4.69) is 12.2 Å². The van der Waals surface area contributed by atoms with E-state index in [4.69, 9.17) is 0 Å². The van der Waals surface area contributed by atoms with E-state index in [-0.39, 0.29) is 11.9 Å². The van der Waals surface area contributed by atoms with Crippen LogP contribution in [0.5, 0.6) is 0 Å². The first-order valence-electron chi connectivity index (χ1n) is 7.48. The number of nitrogens with zero attached hydrogens (tertiary/aromatic N) is 1. The van der Waals surface area contributed by atoms with Crippen molar-refractivity contribution in [1.82, 2.24) is 10.2 Å². The number of thioether (sulfide) groups is 1. The van der Waals surface area contributed by atoms with Crippen molar-refractivity contribution in [3.63, 3.8) is 0 Å². The highest BCUT2D eigenvalue weighted by Gasteiger charge is 2.32. The predicted octanol–water partition coefficient (Wildman–Crippen LogP) is 2.17. The Labute approximate surface area is 124 Å². The molecule has 1 aliphatic heterocycles. The van der Waals surface area contributed by atoms with Gasteiger partial charge in [-0.15, -0.1) is 0 Å². The molecule has 2 N–H and O–H groups in total. The minimum Gasteiger partial charge on any atom is -0.480 e. The van der Waals surface area contributed by atoms with Gasteiger partial charge >= 0.3 is 12.0 Å². The molecule has 1 saturated carbocycles. The number of carbonyl (C=O) groups excluding carboxylic acids is 1. The van der Waals surface area contributed by atoms with E-state index in [1.807, 2.05) is 11.8 Å². The number of carboxylic acids is 1. The van der Waals surface area contributed by atoms with Crippen LogP contribution in [0, 0.1) is 5.92 Å². The molecular formula is C14H24N2O3S. The summed E-state index contributed by atoms with van der Waals surface area (Å²) >= 11 is 1.85. The molecule has 1 heterocycles. The lowest BCUT2D eigenvalue weighted by atomic mass is 9.84. The van der Waals surface area contributed by atoms with Crippen LogP contribution in [0.2, 0.25) is 0 Å². The second-order valence-corrected chi connectivity index (χ2v) is 7.34. The van der Waals surface area contributed by atoms with Crippen molar-refractivity contribution in [3.05, 3.63) is 0 Å². The Bertz CT molecular complexity index is 358. The van der Waals surface area contributed by atoms with Crippen LogP contribution in [0.1, 0.15) is 39.0 Å². The molecule has 0 aromatic heterocycles. The van der Waals surface area contributed by atoms with Gasteiger partial charge in [0.25, 0.3) is 0 Å². The van der Waals surface area contributed by atoms with E-state index < -0.39 is 12.0 Å². The van der Waals surface area contributed by atoms with Crippen LogP contribution in [0.4, 0.5) is 4.79 Å². The highest BCUT2D eigenvalue weighted by Crippen LogP contribution is 2.27. The van der Waals surface area contributed by atoms with Crippen LogP contribution in [0.3, 0.4) is 0 Å². The van der Waals surface area contributed by atoms with Crippen LogP contribution in [0.15, 0.2) is 0 Å². The van der Waals surface area contributed by atoms with Gasteiger partial charge in [0.1, 0.15) is 6.04 Å². The molecule has 1 aliphatic carbocycles. The topological polar surface area (TPSA) is 69.6 Å². The smallest absolute Gasteiger partial charge is 0.326 e. The summed E-state index contributed by atoms with van der Waals surface area (Å²) in [6, 6.07) is -0.942. The second-order valence-electron chi connectivity index (χ2n) is 5.79. The van der Waals surface area contributed by atoms with Crippen LogP contribution < -0.4 is 5.32 Å². The molecule has 20 heavy (non-hydrogen) atoms. The highest BCUT2D eigenvalue weighted by molar-refractivity contribution is 7.99. The first-order chi connectivity index (χ1) is 9.58. The second kappa shape index (κ2) is 7.20. The first kappa shape index (κ1) is 15.5. The maximum Gasteiger partial charge on any atom is 0.326 e. The molecular weight excluding hydrogens is 276 g/mol. The lowest BCUT2D eigenvalue weighted by Gasteiger charge is -2.34. The molecule has 2 fully saturated rings. The number of hydrogen-bond donors (Lipinski definition) is 2. The van der Waals surface area contributed by atoms with Crippen molar-refractivity contribution in [2.45, 2.75) is 50.3 Å². The van der Waals surface area contributed by atoms with Gasteiger partial charge in [-0.05, 0) is 18.8 Å². The fourth-order valence-corrected chi connectivity index (χ4v) is 4.09. The monoisotopic (exact) mass is 300 g/mol. The van der Waals surface area contributed by atoms with E-state index in [1.165, 1.54) is 6.42 Å². The number of urea groups is 1. The third-order valence-electron chi connectivity index (χ3n) is 4.19. The number of rotatable bonds is 3. The number of aliphatic carboxylic acids is 1. The number of carboxylic acid groups (broad SMARTS) is 1. The number of carbonyl (C=O) groups is 2. The Morgan fingerprint density at radius 1 is 1.30 bits per heavy atom. The van der Waals surface area contributed by atoms with Crippen molar-refractivity contribution in [3.8, 4) is 0 Å². The quantitative estimate of drug-likeness (QED) is 0.838. The maximum atomic E-state index is 12.2. The lowest BCUT2D eigenvalue weighted by Crippen LogP contribution is -2.53. The lowest BCUT2D eigenvalue weighted by molar-refractivity contribution is -0.141. The average molecular weight is 300 g/mol. The van der Waals surface area contributed by atoms with E-state index >= 15 is 0 Å². The van der Waals surface area contributed by atoms with Crippen molar-refractivity contribution in [1.29, 1.82) is 0 Å². The molecule has 2 rings (SSSR count). The zero-order valence-electron chi connectivity index (χ0n) is 12.0. The Morgan fingerprint density at radius 3 is 2.60 bits per heavy atom. The van der Waals surface area contributed by atoms with Gasteiger partial charge in [-0.3, -0.25) is 0 Å². The van der Waals surface area contributed by atoms with Gasteiger partial charge < -0.3 is 15.3 Å². The fraction of sp³-hybridized carbons (Fsp3) is 0.857. The van der Waals surface area contributed by atoms with Gasteiger partial charge in [-0.25, -0.2) is 9.59 Å². The molecule has 0 bridgehead atoms. The van der Waals surface area contributed by atoms with Crippen LogP contribution in [-0.4, -0.2) is 52.1 Å². The van der Waals surface area contributed by atoms with Crippen molar-refractivity contribution in [2.75, 3.05) is 18.8 Å². The molecule has 2 aliphatic rings. The predicted molar refractivity (Wildman–Crippen MR) is 80.0 cm³/mol. The SMILES string of the molecule is CC1CN(C(=O)NC(C(=O)O)C2CCCCC2)CCS1. The Morgan fingerprint density at radius 2 is 2.00 bits per heavy atom. The molecule has 114 valence electrons. The summed E-state index contributed by atoms with van der Waals surface area (Å²) in [6.45, 7) is 3.51. The molecule has 6 heteroatoms. The summed E-state index contributed by atoms with van der Waals surface area (Å²) in [5, 5.41) is 12.6. The van der Waals surface area contributed by atoms with Crippen LogP contribution in [-0.2, 0) is 4.79 Å². The summed E-state index contributed by atoms with van der Waals surface area (Å²) in [6.07, 6.45) is 5.13. The number of nitrogens with one attached hydrogen (secondary N) is 1. The molecule has 0 radical (unpaired) electrons. The van der Waals surface area contributed by atoms with Crippen LogP contribution in [0.25, 0.3) is 0 Å². The van der Waals surface area contributed by atoms with E-state index in [0.717, 1.165) is 31.4 Å². The molecule has 1 saturated heterocycles. The largest absolute Gasteiger partial charge is 0.480 e. The summed E-state index contributed by atoms with van der Waals surface area (Å²) in [4.78, 5) is 25.4. The summed E-state index contributed by atoms with van der Waals surface area (Å²) in [5.41, 5.74) is 0. The van der Waals surface area contributed by atoms with E-state index in [0.29, 0.717) is 18.3 Å². The minimum atomic E-state index is -0.898. The van der Waals surface area contributed by atoms with Crippen LogP contribution >= 0.6 is 11.8 Å². The molecule has 5 nitrogen and oxygen atoms in total. The van der Waals surface area contributed by atoms with Gasteiger partial charge in [-0.2, -0.15) is 11.8 Å². The Balaban J connectivity index is 1.93. The van der Waals surface area contributed by atoms with Crippen molar-refractivity contribution < 1.29 is 14.7 Å². The molecule has 2 atom stereocenters. The third kappa shape index (κ3) is 4.04. The number of amides is 2. The normalized spacial score (nSPS) is 26.1. The zero-order chi connectivity index (χ0) is 14.5. The minimum absolute atomic E-state index is 0.0850. The summed E-state index contributed by atoms with van der Waals surface area (Å²) in [7, 11) is 0. The zero-order valence-corrected chi connectivity index (χ0v) is 12.8. The first-order valence-corrected chi connectivity index (χ1v) is 8.52. The van der Waals surface area contributed by atoms with Gasteiger partial charge in [0.05, 0.1) is 0 Å². The molecule has 2 amide bonds. The molecule has 0 aromatic rings. The Hall–Kier alpha value is -0.910. The highest BCUT2D eigenvalue weighted by atomic mass is 32.2. The summed E-state index contributed by atoms with van der Waals surface area (Å²) < 4.78 is 0. The van der Waals surface area contributed by atoms with E-state index in [9.17, 15) is 14.7 Å². The van der Waals surface area contributed by atoms with Gasteiger partial charge in [0.2, 0.25) is 0 Å². The maximum absolute atomic E-state index is 12.2. The average Bonchev–Trinajstić information content (AvgIpc) is 2.45. The van der Waals surface area contributed by atoms with Crippen molar-refractivity contribution in [2.24, 2.45) is 5.92 Å². The fourth-order valence-electron chi connectivity index (χ4n) is 3.08. The summed E-state index contributed by atoms with van der Waals surface area (Å²) in [5.74, 6) is 0.113. The number of hydrogen-bond acceptors (Lipinski definition) is 3. The molecule has 0 spiro atoms. The Kier molecular flexibility index (Phi) is 5.57. The standard InChI is InChI=1S/C14H24N2O3S/c1-10-9-16(7-8-20-10)14(19)15-12(13(17)18)11-5-3-2-4-6-11/h10-12H,2-9H2,1H3,(H,15,19)(H,17,18).